The van der Waals surface area contributed by atoms with Crippen molar-refractivity contribution in [1.82, 2.24) is 10.6 Å². The molecule has 156 valence electrons. The number of para-hydroxylation sites is 1. The summed E-state index contributed by atoms with van der Waals surface area (Å²) < 4.78 is 11.3. The van der Waals surface area contributed by atoms with Gasteiger partial charge in [0.05, 0.1) is 19.1 Å². The number of amides is 2. The van der Waals surface area contributed by atoms with Crippen LogP contribution in [0.3, 0.4) is 0 Å². The Bertz CT molecular complexity index is 908. The molecular formula is C22H24N4O4. The molecule has 2 fully saturated rings. The summed E-state index contributed by atoms with van der Waals surface area (Å²) in [4.78, 5) is 29.0. The predicted molar refractivity (Wildman–Crippen MR) is 113 cm³/mol. The molecule has 2 aliphatic heterocycles. The van der Waals surface area contributed by atoms with Crippen LogP contribution < -0.4 is 20.7 Å². The van der Waals surface area contributed by atoms with E-state index in [0.29, 0.717) is 23.9 Å². The van der Waals surface area contributed by atoms with Crippen LogP contribution in [0.1, 0.15) is 19.3 Å². The molecule has 0 saturated carbocycles. The van der Waals surface area contributed by atoms with Gasteiger partial charge in [-0.2, -0.15) is 0 Å². The minimum absolute atomic E-state index is 0.0417. The first-order valence-corrected chi connectivity index (χ1v) is 10.0. The molecule has 2 atom stereocenters. The Morgan fingerprint density at radius 3 is 2.63 bits per heavy atom. The second-order valence-electron chi connectivity index (χ2n) is 7.20. The van der Waals surface area contributed by atoms with Crippen LogP contribution in [-0.4, -0.2) is 43.1 Å². The molecule has 2 saturated heterocycles. The molecule has 2 aromatic carbocycles. The molecule has 0 spiro atoms. The summed E-state index contributed by atoms with van der Waals surface area (Å²) in [6, 6.07) is 15.8. The molecule has 8 nitrogen and oxygen atoms in total. The Morgan fingerprint density at radius 1 is 1.13 bits per heavy atom. The lowest BCUT2D eigenvalue weighted by molar-refractivity contribution is -0.125. The molecule has 0 aromatic heterocycles. The Hall–Kier alpha value is -3.39. The number of carbonyl (C=O) groups excluding carboxylic acids is 2. The molecule has 0 aliphatic carbocycles. The van der Waals surface area contributed by atoms with Gasteiger partial charge in [0.25, 0.3) is 0 Å². The lowest BCUT2D eigenvalue weighted by atomic mass is 10.1. The second-order valence-corrected chi connectivity index (χ2v) is 7.20. The molecule has 4 rings (SSSR count). The van der Waals surface area contributed by atoms with Gasteiger partial charge in [-0.25, -0.2) is 0 Å². The average molecular weight is 408 g/mol. The number of aliphatic imine (C=N–C) groups is 1. The topological polar surface area (TPSA) is 101 Å². The zero-order valence-electron chi connectivity index (χ0n) is 16.5. The van der Waals surface area contributed by atoms with Crippen molar-refractivity contribution in [3.05, 3.63) is 54.6 Å². The van der Waals surface area contributed by atoms with Gasteiger partial charge in [-0.3, -0.25) is 19.9 Å². The lowest BCUT2D eigenvalue weighted by Gasteiger charge is -2.25. The van der Waals surface area contributed by atoms with Gasteiger partial charge in [-0.1, -0.05) is 18.2 Å². The maximum atomic E-state index is 12.6. The van der Waals surface area contributed by atoms with Crippen molar-refractivity contribution in [2.45, 2.75) is 31.4 Å². The fraction of sp³-hybridized carbons (Fsp3) is 0.318. The van der Waals surface area contributed by atoms with Crippen LogP contribution in [0.2, 0.25) is 0 Å². The summed E-state index contributed by atoms with van der Waals surface area (Å²) in [5.74, 6) is 1.17. The van der Waals surface area contributed by atoms with Crippen molar-refractivity contribution in [3.8, 4) is 11.5 Å². The Labute approximate surface area is 174 Å². The van der Waals surface area contributed by atoms with Gasteiger partial charge in [-0.05, 0) is 49.2 Å². The number of rotatable bonds is 6. The van der Waals surface area contributed by atoms with Crippen molar-refractivity contribution in [3.63, 3.8) is 0 Å². The highest BCUT2D eigenvalue weighted by Gasteiger charge is 2.28. The minimum Gasteiger partial charge on any atom is -0.457 e. The monoisotopic (exact) mass is 408 g/mol. The third kappa shape index (κ3) is 5.36. The van der Waals surface area contributed by atoms with Crippen LogP contribution in [0.15, 0.2) is 59.6 Å². The molecule has 8 heteroatoms. The van der Waals surface area contributed by atoms with Gasteiger partial charge in [0, 0.05) is 12.3 Å². The highest BCUT2D eigenvalue weighted by Crippen LogP contribution is 2.22. The van der Waals surface area contributed by atoms with E-state index in [9.17, 15) is 9.59 Å². The first-order chi connectivity index (χ1) is 14.7. The number of anilines is 1. The van der Waals surface area contributed by atoms with Crippen molar-refractivity contribution in [1.29, 1.82) is 0 Å². The number of benzene rings is 2. The minimum atomic E-state index is -0.692. The van der Waals surface area contributed by atoms with E-state index in [4.69, 9.17) is 9.47 Å². The van der Waals surface area contributed by atoms with Gasteiger partial charge in [0.1, 0.15) is 17.5 Å². The number of nitrogens with one attached hydrogen (secondary N) is 3. The van der Waals surface area contributed by atoms with E-state index >= 15 is 0 Å². The van der Waals surface area contributed by atoms with E-state index in [2.05, 4.69) is 20.9 Å². The normalized spacial score (nSPS) is 22.3. The number of nitrogens with zero attached hydrogens (tertiary/aromatic N) is 1. The molecule has 0 bridgehead atoms. The fourth-order valence-corrected chi connectivity index (χ4v) is 3.31. The lowest BCUT2D eigenvalue weighted by Crippen LogP contribution is -2.57. The number of guanidine groups is 1. The summed E-state index contributed by atoms with van der Waals surface area (Å²) in [6.07, 6.45) is 2.09. The van der Waals surface area contributed by atoms with E-state index in [1.165, 1.54) is 0 Å². The molecule has 2 aliphatic rings. The zero-order chi connectivity index (χ0) is 20.8. The number of hydrogen-bond acceptors (Lipinski definition) is 5. The summed E-state index contributed by atoms with van der Waals surface area (Å²) in [6.45, 7) is 1.20. The molecule has 30 heavy (non-hydrogen) atoms. The first kappa shape index (κ1) is 19.9. The van der Waals surface area contributed by atoms with Gasteiger partial charge in [0.15, 0.2) is 5.96 Å². The van der Waals surface area contributed by atoms with E-state index < -0.39 is 6.04 Å². The van der Waals surface area contributed by atoms with Crippen LogP contribution in [0, 0.1) is 0 Å². The van der Waals surface area contributed by atoms with Gasteiger partial charge in [0.2, 0.25) is 11.8 Å². The fourth-order valence-electron chi connectivity index (χ4n) is 3.31. The van der Waals surface area contributed by atoms with Crippen molar-refractivity contribution >= 4 is 23.5 Å². The summed E-state index contributed by atoms with van der Waals surface area (Å²) in [5.41, 5.74) is 0.617. The van der Waals surface area contributed by atoms with E-state index in [-0.39, 0.29) is 24.3 Å². The number of hydrogen-bond donors (Lipinski definition) is 3. The highest BCUT2D eigenvalue weighted by atomic mass is 16.5. The maximum Gasteiger partial charge on any atom is 0.247 e. The molecule has 2 heterocycles. The molecule has 2 aromatic rings. The molecule has 0 unspecified atom stereocenters. The van der Waals surface area contributed by atoms with Crippen LogP contribution in [0.5, 0.6) is 11.5 Å². The van der Waals surface area contributed by atoms with E-state index in [1.807, 2.05) is 30.3 Å². The van der Waals surface area contributed by atoms with E-state index in [0.717, 1.165) is 25.2 Å². The zero-order valence-corrected chi connectivity index (χ0v) is 16.5. The van der Waals surface area contributed by atoms with Crippen molar-refractivity contribution < 1.29 is 19.1 Å². The van der Waals surface area contributed by atoms with Crippen molar-refractivity contribution in [2.24, 2.45) is 4.99 Å². The van der Waals surface area contributed by atoms with Crippen LogP contribution >= 0.6 is 0 Å². The first-order valence-electron chi connectivity index (χ1n) is 10.0. The third-order valence-corrected chi connectivity index (χ3v) is 4.85. The molecule has 0 radical (unpaired) electrons. The van der Waals surface area contributed by atoms with Gasteiger partial charge in [-0.15, -0.1) is 0 Å². The standard InChI is InChI=1S/C22H24N4O4/c27-20-13-19(25-22(26-20)23-14-18-7-4-12-29-18)21(28)24-15-8-10-17(11-9-15)30-16-5-2-1-3-6-16/h1-3,5-6,8-11,18-19H,4,7,12-14H2,(H,24,28)(H2,23,25,26,27)/t18-,19+/m0/s1. The quantitative estimate of drug-likeness (QED) is 0.682. The summed E-state index contributed by atoms with van der Waals surface area (Å²) >= 11 is 0. The molecular weight excluding hydrogens is 384 g/mol. The molecule has 3 N–H and O–H groups in total. The number of carbonyl (C=O) groups is 2. The molecule has 2 amide bonds. The van der Waals surface area contributed by atoms with Crippen LogP contribution in [0.4, 0.5) is 5.69 Å². The summed E-state index contributed by atoms with van der Waals surface area (Å²) in [5, 5.41) is 8.49. The smallest absolute Gasteiger partial charge is 0.247 e. The maximum absolute atomic E-state index is 12.6. The van der Waals surface area contributed by atoms with E-state index in [1.54, 1.807) is 24.3 Å². The third-order valence-electron chi connectivity index (χ3n) is 4.85. The van der Waals surface area contributed by atoms with Crippen LogP contribution in [-0.2, 0) is 14.3 Å². The number of ether oxygens (including phenoxy) is 2. The largest absolute Gasteiger partial charge is 0.457 e. The second kappa shape index (κ2) is 9.41. The van der Waals surface area contributed by atoms with Gasteiger partial charge >= 0.3 is 0 Å². The van der Waals surface area contributed by atoms with Crippen LogP contribution in [0.25, 0.3) is 0 Å². The predicted octanol–water partition coefficient (Wildman–Crippen LogP) is 2.43. The average Bonchev–Trinajstić information content (AvgIpc) is 3.28. The highest BCUT2D eigenvalue weighted by molar-refractivity contribution is 6.07. The van der Waals surface area contributed by atoms with Gasteiger partial charge < -0.3 is 20.1 Å². The SMILES string of the molecule is O=C1C[C@H](C(=O)Nc2ccc(Oc3ccccc3)cc2)NC(=NC[C@@H]2CCCO2)N1. The Balaban J connectivity index is 1.33. The van der Waals surface area contributed by atoms with Crippen molar-refractivity contribution in [2.75, 3.05) is 18.5 Å². The Kier molecular flexibility index (Phi) is 6.24. The summed E-state index contributed by atoms with van der Waals surface area (Å²) in [7, 11) is 0. The Morgan fingerprint density at radius 2 is 1.90 bits per heavy atom.